The summed E-state index contributed by atoms with van der Waals surface area (Å²) in [5, 5.41) is 15.3. The summed E-state index contributed by atoms with van der Waals surface area (Å²) in [5.41, 5.74) is 2.11. The summed E-state index contributed by atoms with van der Waals surface area (Å²) in [6, 6.07) is 8.33. The topological polar surface area (TPSA) is 88.4 Å². The van der Waals surface area contributed by atoms with Crippen LogP contribution >= 0.6 is 0 Å². The van der Waals surface area contributed by atoms with Crippen molar-refractivity contribution in [2.24, 2.45) is 0 Å². The van der Waals surface area contributed by atoms with Gasteiger partial charge in [0.05, 0.1) is 24.4 Å². The van der Waals surface area contributed by atoms with Gasteiger partial charge >= 0.3 is 6.03 Å². The Kier molecular flexibility index (Phi) is 4.46. The van der Waals surface area contributed by atoms with Crippen LogP contribution in [0.1, 0.15) is 12.0 Å². The predicted molar refractivity (Wildman–Crippen MR) is 95.4 cm³/mol. The van der Waals surface area contributed by atoms with E-state index >= 15 is 0 Å². The van der Waals surface area contributed by atoms with E-state index in [4.69, 9.17) is 4.74 Å². The van der Waals surface area contributed by atoms with E-state index in [1.165, 1.54) is 5.56 Å². The Hall–Kier alpha value is -2.68. The highest BCUT2D eigenvalue weighted by Gasteiger charge is 2.43. The van der Waals surface area contributed by atoms with Crippen molar-refractivity contribution in [1.29, 1.82) is 0 Å². The van der Waals surface area contributed by atoms with Gasteiger partial charge in [-0.15, -0.1) is 0 Å². The molecule has 1 N–H and O–H groups in total. The van der Waals surface area contributed by atoms with Gasteiger partial charge in [0.25, 0.3) is 0 Å². The van der Waals surface area contributed by atoms with Crippen molar-refractivity contribution in [2.75, 3.05) is 38.3 Å². The second kappa shape index (κ2) is 6.91. The normalized spacial score (nSPS) is 22.5. The summed E-state index contributed by atoms with van der Waals surface area (Å²) in [6.07, 6.45) is 0.869. The first-order chi connectivity index (χ1) is 12.7. The van der Waals surface area contributed by atoms with Gasteiger partial charge in [0.2, 0.25) is 5.95 Å². The fourth-order valence-electron chi connectivity index (χ4n) is 3.72. The monoisotopic (exact) mass is 357 g/mol. The smallest absolute Gasteiger partial charge is 0.318 e. The van der Waals surface area contributed by atoms with E-state index in [0.717, 1.165) is 18.7 Å². The lowest BCUT2D eigenvalue weighted by Gasteiger charge is -2.36. The maximum absolute atomic E-state index is 12.3. The van der Waals surface area contributed by atoms with Gasteiger partial charge in [-0.3, -0.25) is 0 Å². The number of methoxy groups -OCH3 is 1. The molecule has 1 aromatic carbocycles. The first kappa shape index (κ1) is 16.8. The number of carbonyl (C=O) groups is 1. The number of aromatic nitrogens is 4. The molecular weight excluding hydrogens is 334 g/mol. The molecule has 0 radical (unpaired) electrons. The van der Waals surface area contributed by atoms with Gasteiger partial charge in [-0.05, 0) is 35.9 Å². The van der Waals surface area contributed by atoms with Gasteiger partial charge in [0.15, 0.2) is 0 Å². The molecule has 0 spiro atoms. The molecule has 138 valence electrons. The van der Waals surface area contributed by atoms with Crippen LogP contribution in [0.15, 0.2) is 24.3 Å². The lowest BCUT2D eigenvalue weighted by molar-refractivity contribution is 0.140. The van der Waals surface area contributed by atoms with Crippen molar-refractivity contribution in [3.05, 3.63) is 29.8 Å². The number of rotatable bonds is 5. The predicted octanol–water partition coefficient (Wildman–Crippen LogP) is 0.590. The maximum Gasteiger partial charge on any atom is 0.318 e. The summed E-state index contributed by atoms with van der Waals surface area (Å²) in [4.78, 5) is 16.3. The number of amides is 2. The number of tetrazole rings is 1. The summed E-state index contributed by atoms with van der Waals surface area (Å²) < 4.78 is 6.87. The Morgan fingerprint density at radius 1 is 1.31 bits per heavy atom. The molecule has 9 heteroatoms. The van der Waals surface area contributed by atoms with Gasteiger partial charge in [-0.2, -0.15) is 4.68 Å². The second-order valence-electron chi connectivity index (χ2n) is 6.77. The highest BCUT2D eigenvalue weighted by atomic mass is 16.5. The van der Waals surface area contributed by atoms with Crippen LogP contribution < -0.4 is 10.2 Å². The average Bonchev–Trinajstić information content (AvgIpc) is 3.24. The van der Waals surface area contributed by atoms with Gasteiger partial charge in [0.1, 0.15) is 0 Å². The van der Waals surface area contributed by atoms with Crippen molar-refractivity contribution in [3.63, 3.8) is 0 Å². The van der Waals surface area contributed by atoms with Crippen molar-refractivity contribution in [1.82, 2.24) is 30.4 Å². The van der Waals surface area contributed by atoms with Crippen LogP contribution in [0.4, 0.5) is 10.7 Å². The Balaban J connectivity index is 1.51. The third-order valence-corrected chi connectivity index (χ3v) is 5.10. The zero-order chi connectivity index (χ0) is 18.1. The zero-order valence-corrected chi connectivity index (χ0v) is 15.0. The second-order valence-corrected chi connectivity index (χ2v) is 6.77. The number of hydrogen-bond acceptors (Lipinski definition) is 6. The number of carbonyl (C=O) groups excluding carboxylic acids is 1. The molecular formula is C17H23N7O2. The molecule has 0 unspecified atom stereocenters. The molecule has 2 amide bonds. The summed E-state index contributed by atoms with van der Waals surface area (Å²) in [7, 11) is 1.65. The van der Waals surface area contributed by atoms with Gasteiger partial charge < -0.3 is 19.9 Å². The molecule has 2 aliphatic rings. The minimum Gasteiger partial charge on any atom is -0.383 e. The lowest BCUT2D eigenvalue weighted by Crippen LogP contribution is -2.52. The number of benzene rings is 1. The van der Waals surface area contributed by atoms with Gasteiger partial charge in [0, 0.05) is 26.7 Å². The molecule has 26 heavy (non-hydrogen) atoms. The molecule has 0 aliphatic carbocycles. The minimum absolute atomic E-state index is 0.0166. The van der Waals surface area contributed by atoms with Crippen LogP contribution in [0.3, 0.4) is 0 Å². The number of anilines is 1. The maximum atomic E-state index is 12.3. The van der Waals surface area contributed by atoms with Crippen LogP contribution in [0.2, 0.25) is 0 Å². The fourth-order valence-corrected chi connectivity index (χ4v) is 3.72. The molecule has 1 aromatic heterocycles. The summed E-state index contributed by atoms with van der Waals surface area (Å²) >= 11 is 0. The molecule has 3 heterocycles. The molecule has 9 nitrogen and oxygen atoms in total. The number of aryl methyl sites for hydroxylation is 1. The Bertz CT molecular complexity index is 776. The van der Waals surface area contributed by atoms with E-state index in [-0.39, 0.29) is 18.1 Å². The molecule has 2 atom stereocenters. The van der Waals surface area contributed by atoms with E-state index < -0.39 is 0 Å². The molecule has 0 bridgehead atoms. The Morgan fingerprint density at radius 3 is 2.88 bits per heavy atom. The van der Waals surface area contributed by atoms with Gasteiger partial charge in [-0.25, -0.2) is 4.79 Å². The van der Waals surface area contributed by atoms with Crippen molar-refractivity contribution >= 4 is 12.0 Å². The summed E-state index contributed by atoms with van der Waals surface area (Å²) in [6.45, 7) is 4.70. The number of nitrogens with one attached hydrogen (secondary N) is 1. The van der Waals surface area contributed by atoms with E-state index in [0.29, 0.717) is 25.6 Å². The number of urea groups is 1. The number of hydrogen-bond donors (Lipinski definition) is 1. The van der Waals surface area contributed by atoms with E-state index in [9.17, 15) is 4.79 Å². The number of fused-ring (bicyclic) bond motifs is 1. The largest absolute Gasteiger partial charge is 0.383 e. The average molecular weight is 357 g/mol. The van der Waals surface area contributed by atoms with E-state index in [1.807, 2.05) is 36.1 Å². The highest BCUT2D eigenvalue weighted by molar-refractivity contribution is 5.78. The van der Waals surface area contributed by atoms with Crippen LogP contribution in [-0.2, 0) is 4.74 Å². The molecule has 4 rings (SSSR count). The Morgan fingerprint density at radius 2 is 2.12 bits per heavy atom. The van der Waals surface area contributed by atoms with E-state index in [2.05, 4.69) is 25.7 Å². The van der Waals surface area contributed by atoms with Gasteiger partial charge in [-0.1, -0.05) is 22.8 Å². The number of ether oxygens (including phenoxy) is 1. The summed E-state index contributed by atoms with van der Waals surface area (Å²) in [5.74, 6) is 0.705. The van der Waals surface area contributed by atoms with Crippen LogP contribution in [0.25, 0.3) is 5.69 Å². The lowest BCUT2D eigenvalue weighted by atomic mass is 10.0. The third kappa shape index (κ3) is 2.98. The quantitative estimate of drug-likeness (QED) is 0.843. The first-order valence-corrected chi connectivity index (χ1v) is 8.84. The van der Waals surface area contributed by atoms with Crippen molar-refractivity contribution < 1.29 is 9.53 Å². The highest BCUT2D eigenvalue weighted by Crippen LogP contribution is 2.26. The van der Waals surface area contributed by atoms with Crippen LogP contribution in [0.5, 0.6) is 0 Å². The van der Waals surface area contributed by atoms with Crippen molar-refractivity contribution in [2.45, 2.75) is 25.4 Å². The molecule has 2 saturated heterocycles. The first-order valence-electron chi connectivity index (χ1n) is 8.84. The molecule has 2 aliphatic heterocycles. The molecule has 2 aromatic rings. The SMILES string of the molecule is COCCN1C(=O)N[C@@H]2CN(c3nnnn3-c3ccc(C)cc3)CC[C@@H]21. The Labute approximate surface area is 151 Å². The number of piperidine rings is 1. The third-order valence-electron chi connectivity index (χ3n) is 5.10. The molecule has 0 saturated carbocycles. The fraction of sp³-hybridized carbons (Fsp3) is 0.529. The van der Waals surface area contributed by atoms with E-state index in [1.54, 1.807) is 11.8 Å². The van der Waals surface area contributed by atoms with Crippen LogP contribution in [0, 0.1) is 6.92 Å². The number of nitrogens with zero attached hydrogens (tertiary/aromatic N) is 6. The minimum atomic E-state index is -0.0166. The zero-order valence-electron chi connectivity index (χ0n) is 15.0. The van der Waals surface area contributed by atoms with Crippen molar-refractivity contribution in [3.8, 4) is 5.69 Å². The van der Waals surface area contributed by atoms with Crippen LogP contribution in [-0.4, -0.2) is 76.6 Å². The standard InChI is InChI=1S/C17H23N7O2/c1-12-3-5-13(6-4-12)24-16(19-20-21-24)22-8-7-15-14(11-22)18-17(25)23(15)9-10-26-2/h3-6,14-15H,7-11H2,1-2H3,(H,18,25)/t14-,15+/m1/s1. The molecule has 2 fully saturated rings.